The van der Waals surface area contributed by atoms with E-state index in [4.69, 9.17) is 12.2 Å². The number of nitrogens with zero attached hydrogens (tertiary/aromatic N) is 2. The summed E-state index contributed by atoms with van der Waals surface area (Å²) in [4.78, 5) is 30.7. The Bertz CT molecular complexity index is 750. The van der Waals surface area contributed by atoms with E-state index >= 15 is 0 Å². The second kappa shape index (κ2) is 5.96. The van der Waals surface area contributed by atoms with Crippen LogP contribution in [0, 0.1) is 4.77 Å². The maximum Gasteiger partial charge on any atom is 0.326 e. The molecule has 0 aliphatic carbocycles. The third-order valence-electron chi connectivity index (χ3n) is 3.12. The predicted octanol–water partition coefficient (Wildman–Crippen LogP) is 2.27. The topological polar surface area (TPSA) is 88.0 Å². The van der Waals surface area contributed by atoms with Crippen LogP contribution in [0.1, 0.15) is 32.2 Å². The predicted molar refractivity (Wildman–Crippen MR) is 77.4 cm³/mol. The maximum absolute atomic E-state index is 12.4. The lowest BCUT2D eigenvalue weighted by molar-refractivity contribution is -0.141. The fourth-order valence-electron chi connectivity index (χ4n) is 2.10. The van der Waals surface area contributed by atoms with Gasteiger partial charge in [-0.2, -0.15) is 0 Å². The largest absolute Gasteiger partial charge is 0.480 e. The van der Waals surface area contributed by atoms with Gasteiger partial charge in [0.05, 0.1) is 5.52 Å². The smallest absolute Gasteiger partial charge is 0.326 e. The van der Waals surface area contributed by atoms with Crippen LogP contribution in [0.2, 0.25) is 0 Å². The first-order chi connectivity index (χ1) is 9.56. The molecule has 2 heterocycles. The summed E-state index contributed by atoms with van der Waals surface area (Å²) in [6.07, 6.45) is 3.41. The molecule has 106 valence electrons. The molecule has 0 aromatic carbocycles. The molecule has 1 atom stereocenters. The highest BCUT2D eigenvalue weighted by Gasteiger charge is 2.22. The third-order valence-corrected chi connectivity index (χ3v) is 3.42. The summed E-state index contributed by atoms with van der Waals surface area (Å²) in [5, 5.41) is 9.33. The van der Waals surface area contributed by atoms with Crippen molar-refractivity contribution in [3.8, 4) is 0 Å². The number of hydrogen-bond donors (Lipinski definition) is 2. The van der Waals surface area contributed by atoms with E-state index in [0.717, 1.165) is 11.0 Å². The van der Waals surface area contributed by atoms with Crippen LogP contribution in [0.15, 0.2) is 23.1 Å². The minimum absolute atomic E-state index is 0.110. The second-order valence-electron chi connectivity index (χ2n) is 4.50. The van der Waals surface area contributed by atoms with Crippen LogP contribution in [0.5, 0.6) is 0 Å². The summed E-state index contributed by atoms with van der Waals surface area (Å²) in [6, 6.07) is 2.41. The van der Waals surface area contributed by atoms with Crippen LogP contribution in [0.25, 0.3) is 11.0 Å². The number of rotatable bonds is 5. The second-order valence-corrected chi connectivity index (χ2v) is 4.89. The number of fused-ring (bicyclic) bond motifs is 1. The fraction of sp³-hybridized carbons (Fsp3) is 0.385. The number of aliphatic carboxylic acids is 1. The number of unbranched alkanes of at least 4 members (excludes halogenated alkanes) is 1. The Morgan fingerprint density at radius 3 is 3.00 bits per heavy atom. The number of aromatic amines is 1. The SMILES string of the molecule is CCCC[C@@H](C(=O)O)n1c(=S)[nH]c2cccnc2c1=O. The highest BCUT2D eigenvalue weighted by Crippen LogP contribution is 2.15. The molecule has 7 heteroatoms. The zero-order valence-electron chi connectivity index (χ0n) is 11.0. The van der Waals surface area contributed by atoms with Gasteiger partial charge in [-0.25, -0.2) is 9.78 Å². The minimum Gasteiger partial charge on any atom is -0.480 e. The lowest BCUT2D eigenvalue weighted by Gasteiger charge is -2.15. The number of H-pyrrole nitrogens is 1. The summed E-state index contributed by atoms with van der Waals surface area (Å²) < 4.78 is 1.22. The Morgan fingerprint density at radius 1 is 1.60 bits per heavy atom. The highest BCUT2D eigenvalue weighted by atomic mass is 32.1. The zero-order chi connectivity index (χ0) is 14.7. The molecular formula is C13H15N3O3S. The van der Waals surface area contributed by atoms with Gasteiger partial charge in [0.2, 0.25) is 0 Å². The molecule has 0 radical (unpaired) electrons. The lowest BCUT2D eigenvalue weighted by Crippen LogP contribution is -2.31. The monoisotopic (exact) mass is 293 g/mol. The molecule has 0 aliphatic heterocycles. The van der Waals surface area contributed by atoms with Crippen LogP contribution < -0.4 is 5.56 Å². The van der Waals surface area contributed by atoms with Crippen molar-refractivity contribution in [2.24, 2.45) is 0 Å². The Balaban J connectivity index is 2.66. The van der Waals surface area contributed by atoms with Crippen molar-refractivity contribution >= 4 is 29.2 Å². The summed E-state index contributed by atoms with van der Waals surface area (Å²) in [7, 11) is 0. The van der Waals surface area contributed by atoms with Gasteiger partial charge in [0.1, 0.15) is 6.04 Å². The molecule has 0 spiro atoms. The molecule has 0 amide bonds. The van der Waals surface area contributed by atoms with Crippen molar-refractivity contribution in [1.82, 2.24) is 14.5 Å². The van der Waals surface area contributed by atoms with E-state index in [-0.39, 0.29) is 10.3 Å². The molecule has 2 aromatic heterocycles. The van der Waals surface area contributed by atoms with Crippen molar-refractivity contribution in [1.29, 1.82) is 0 Å². The van der Waals surface area contributed by atoms with E-state index in [0.29, 0.717) is 18.4 Å². The Kier molecular flexibility index (Phi) is 4.29. The third kappa shape index (κ3) is 2.62. The molecule has 0 aliphatic rings. The normalized spacial score (nSPS) is 12.4. The van der Waals surface area contributed by atoms with Gasteiger partial charge in [-0.1, -0.05) is 19.8 Å². The number of carboxylic acid groups (broad SMARTS) is 1. The van der Waals surface area contributed by atoms with E-state index < -0.39 is 17.6 Å². The highest BCUT2D eigenvalue weighted by molar-refractivity contribution is 7.71. The molecule has 0 saturated heterocycles. The van der Waals surface area contributed by atoms with Gasteiger partial charge in [0, 0.05) is 6.20 Å². The quantitative estimate of drug-likeness (QED) is 0.826. The van der Waals surface area contributed by atoms with E-state index in [1.54, 1.807) is 12.1 Å². The van der Waals surface area contributed by atoms with Crippen molar-refractivity contribution in [3.05, 3.63) is 33.5 Å². The molecule has 0 fully saturated rings. The molecule has 0 unspecified atom stereocenters. The molecule has 0 bridgehead atoms. The average Bonchev–Trinajstić information content (AvgIpc) is 2.42. The molecule has 6 nitrogen and oxygen atoms in total. The molecular weight excluding hydrogens is 278 g/mol. The van der Waals surface area contributed by atoms with Crippen molar-refractivity contribution in [3.63, 3.8) is 0 Å². The summed E-state index contributed by atoms with van der Waals surface area (Å²) in [5.41, 5.74) is 0.245. The zero-order valence-corrected chi connectivity index (χ0v) is 11.8. The number of pyridine rings is 1. The van der Waals surface area contributed by atoms with Crippen molar-refractivity contribution in [2.75, 3.05) is 0 Å². The maximum atomic E-state index is 12.4. The van der Waals surface area contributed by atoms with E-state index in [2.05, 4.69) is 9.97 Å². The van der Waals surface area contributed by atoms with Crippen LogP contribution >= 0.6 is 12.2 Å². The Labute approximate surface area is 120 Å². The summed E-state index contributed by atoms with van der Waals surface area (Å²) in [5.74, 6) is -1.06. The molecule has 0 saturated carbocycles. The van der Waals surface area contributed by atoms with Gasteiger partial charge in [0.15, 0.2) is 10.3 Å². The number of hydrogen-bond acceptors (Lipinski definition) is 4. The summed E-state index contributed by atoms with van der Waals surface area (Å²) in [6.45, 7) is 1.96. The lowest BCUT2D eigenvalue weighted by atomic mass is 10.1. The number of carbonyl (C=O) groups is 1. The van der Waals surface area contributed by atoms with Gasteiger partial charge in [0.25, 0.3) is 5.56 Å². The van der Waals surface area contributed by atoms with Gasteiger partial charge in [-0.15, -0.1) is 0 Å². The van der Waals surface area contributed by atoms with Crippen LogP contribution in [-0.4, -0.2) is 25.6 Å². The fourth-order valence-corrected chi connectivity index (χ4v) is 2.42. The Morgan fingerprint density at radius 2 is 2.35 bits per heavy atom. The first kappa shape index (κ1) is 14.4. The van der Waals surface area contributed by atoms with E-state index in [9.17, 15) is 14.7 Å². The van der Waals surface area contributed by atoms with Gasteiger partial charge in [-0.3, -0.25) is 9.36 Å². The number of carboxylic acids is 1. The standard InChI is InChI=1S/C13H15N3O3S/c1-2-3-6-9(12(18)19)16-11(17)10-8(15-13(16)20)5-4-7-14-10/h4-5,7,9H,2-3,6H2,1H3,(H,15,20)(H,18,19)/t9-/m0/s1. The molecule has 2 N–H and O–H groups in total. The number of nitrogens with one attached hydrogen (secondary N) is 1. The van der Waals surface area contributed by atoms with Crippen LogP contribution in [0.4, 0.5) is 0 Å². The van der Waals surface area contributed by atoms with Crippen molar-refractivity contribution < 1.29 is 9.90 Å². The van der Waals surface area contributed by atoms with Crippen LogP contribution in [0.3, 0.4) is 0 Å². The first-order valence-corrected chi connectivity index (χ1v) is 6.79. The van der Waals surface area contributed by atoms with Crippen LogP contribution in [-0.2, 0) is 4.79 Å². The molecule has 2 aromatic rings. The van der Waals surface area contributed by atoms with Gasteiger partial charge < -0.3 is 10.1 Å². The molecule has 20 heavy (non-hydrogen) atoms. The van der Waals surface area contributed by atoms with Crippen molar-refractivity contribution in [2.45, 2.75) is 32.2 Å². The minimum atomic E-state index is -1.06. The number of aromatic nitrogens is 3. The van der Waals surface area contributed by atoms with Gasteiger partial charge in [-0.05, 0) is 30.8 Å². The van der Waals surface area contributed by atoms with Gasteiger partial charge >= 0.3 is 5.97 Å². The molecule has 2 rings (SSSR count). The van der Waals surface area contributed by atoms with E-state index in [1.807, 2.05) is 6.92 Å². The Hall–Kier alpha value is -2.02. The first-order valence-electron chi connectivity index (χ1n) is 6.38. The average molecular weight is 293 g/mol. The summed E-state index contributed by atoms with van der Waals surface area (Å²) >= 11 is 5.13. The van der Waals surface area contributed by atoms with E-state index in [1.165, 1.54) is 6.20 Å².